The number of benzene rings is 1. The van der Waals surface area contributed by atoms with E-state index < -0.39 is 11.5 Å². The number of hydroxylamine groups is 2. The summed E-state index contributed by atoms with van der Waals surface area (Å²) in [5.74, 6) is -0.567. The monoisotopic (exact) mass is 233 g/mol. The molecule has 1 aromatic carbocycles. The van der Waals surface area contributed by atoms with E-state index in [1.54, 1.807) is 0 Å². The fourth-order valence-corrected chi connectivity index (χ4v) is 1.94. The summed E-state index contributed by atoms with van der Waals surface area (Å²) >= 11 is 5.57. The molecule has 0 saturated carbocycles. The highest BCUT2D eigenvalue weighted by Gasteiger charge is 2.39. The lowest BCUT2D eigenvalue weighted by atomic mass is 9.95. The molecule has 15 heavy (non-hydrogen) atoms. The minimum absolute atomic E-state index is 0.0964. The van der Waals surface area contributed by atoms with E-state index in [0.717, 1.165) is 11.1 Å². The molecule has 2 nitrogen and oxygen atoms in total. The fourth-order valence-electron chi connectivity index (χ4n) is 1.76. The average Bonchev–Trinajstić information content (AvgIpc) is 2.52. The fraction of sp³-hybridized carbons (Fsp3) is 0.400. The zero-order valence-corrected chi connectivity index (χ0v) is 8.64. The molecular formula is C10H10ClF2NO. The van der Waals surface area contributed by atoms with Gasteiger partial charge in [0, 0.05) is 13.0 Å². The van der Waals surface area contributed by atoms with Gasteiger partial charge in [0.1, 0.15) is 5.82 Å². The molecule has 1 atom stereocenters. The number of halogens is 3. The van der Waals surface area contributed by atoms with E-state index in [4.69, 9.17) is 16.8 Å². The molecule has 82 valence electrons. The average molecular weight is 234 g/mol. The minimum atomic E-state index is -1.63. The van der Waals surface area contributed by atoms with Crippen molar-refractivity contribution in [3.63, 3.8) is 0 Å². The number of rotatable bonds is 1. The van der Waals surface area contributed by atoms with Crippen molar-refractivity contribution in [2.75, 3.05) is 13.1 Å². The van der Waals surface area contributed by atoms with Gasteiger partial charge in [-0.3, -0.25) is 0 Å². The highest BCUT2D eigenvalue weighted by atomic mass is 35.5. The van der Waals surface area contributed by atoms with Gasteiger partial charge in [0.25, 0.3) is 0 Å². The molecule has 0 bridgehead atoms. The van der Waals surface area contributed by atoms with Crippen molar-refractivity contribution in [3.05, 3.63) is 34.6 Å². The van der Waals surface area contributed by atoms with Gasteiger partial charge < -0.3 is 5.21 Å². The van der Waals surface area contributed by atoms with Crippen LogP contribution in [0.25, 0.3) is 0 Å². The zero-order chi connectivity index (χ0) is 11.1. The van der Waals surface area contributed by atoms with Crippen LogP contribution in [0.15, 0.2) is 18.2 Å². The maximum absolute atomic E-state index is 14.2. The van der Waals surface area contributed by atoms with Gasteiger partial charge in [0.05, 0.1) is 11.6 Å². The van der Waals surface area contributed by atoms with Crippen LogP contribution in [0.2, 0.25) is 5.02 Å². The molecule has 1 unspecified atom stereocenters. The SMILES string of the molecule is ON1CCC(F)(c2ccc(F)c(Cl)c2)C1. The Labute approximate surface area is 91.0 Å². The molecule has 0 aromatic heterocycles. The van der Waals surface area contributed by atoms with Gasteiger partial charge >= 0.3 is 0 Å². The van der Waals surface area contributed by atoms with E-state index >= 15 is 0 Å². The number of hydrogen-bond acceptors (Lipinski definition) is 2. The molecular weight excluding hydrogens is 224 g/mol. The van der Waals surface area contributed by atoms with Gasteiger partial charge in [-0.1, -0.05) is 17.7 Å². The Bertz CT molecular complexity index is 388. The molecule has 1 fully saturated rings. The van der Waals surface area contributed by atoms with Crippen molar-refractivity contribution in [2.45, 2.75) is 12.1 Å². The smallest absolute Gasteiger partial charge is 0.152 e. The van der Waals surface area contributed by atoms with Crippen molar-refractivity contribution >= 4 is 11.6 Å². The molecule has 2 rings (SSSR count). The molecule has 0 spiro atoms. The number of alkyl halides is 1. The standard InChI is InChI=1S/C10H10ClF2NO/c11-8-5-7(1-2-9(8)12)10(13)3-4-14(15)6-10/h1-2,5,15H,3-4,6H2. The van der Waals surface area contributed by atoms with Crippen molar-refractivity contribution in [2.24, 2.45) is 0 Å². The van der Waals surface area contributed by atoms with Crippen LogP contribution >= 0.6 is 11.6 Å². The summed E-state index contributed by atoms with van der Waals surface area (Å²) in [6.07, 6.45) is 0.186. The summed E-state index contributed by atoms with van der Waals surface area (Å²) in [6.45, 7) is 0.167. The lowest BCUT2D eigenvalue weighted by molar-refractivity contribution is -0.0805. The van der Waals surface area contributed by atoms with Crippen molar-refractivity contribution in [1.82, 2.24) is 5.06 Å². The topological polar surface area (TPSA) is 23.5 Å². The molecule has 1 aliphatic heterocycles. The van der Waals surface area contributed by atoms with Crippen molar-refractivity contribution < 1.29 is 14.0 Å². The second-order valence-corrected chi connectivity index (χ2v) is 4.14. The Hall–Kier alpha value is -0.710. The maximum atomic E-state index is 14.2. The van der Waals surface area contributed by atoms with Crippen LogP contribution in [-0.4, -0.2) is 23.4 Å². The molecule has 0 aliphatic carbocycles. The van der Waals surface area contributed by atoms with Crippen molar-refractivity contribution in [3.8, 4) is 0 Å². The molecule has 1 N–H and O–H groups in total. The normalized spacial score (nSPS) is 27.2. The van der Waals surface area contributed by atoms with Crippen LogP contribution in [0, 0.1) is 5.82 Å². The third-order valence-corrected chi connectivity index (χ3v) is 2.93. The molecule has 1 aliphatic rings. The highest BCUT2D eigenvalue weighted by Crippen LogP contribution is 2.36. The minimum Gasteiger partial charge on any atom is -0.314 e. The molecule has 5 heteroatoms. The van der Waals surface area contributed by atoms with Crippen molar-refractivity contribution in [1.29, 1.82) is 0 Å². The molecule has 1 saturated heterocycles. The Balaban J connectivity index is 2.33. The van der Waals surface area contributed by atoms with Crippen LogP contribution in [0.1, 0.15) is 12.0 Å². The van der Waals surface area contributed by atoms with Crippen LogP contribution in [-0.2, 0) is 5.67 Å². The van der Waals surface area contributed by atoms with Gasteiger partial charge in [0.15, 0.2) is 5.67 Å². The van der Waals surface area contributed by atoms with E-state index in [0.29, 0.717) is 5.56 Å². The predicted molar refractivity (Wildman–Crippen MR) is 52.2 cm³/mol. The van der Waals surface area contributed by atoms with E-state index in [1.807, 2.05) is 0 Å². The second-order valence-electron chi connectivity index (χ2n) is 3.73. The van der Waals surface area contributed by atoms with E-state index in [9.17, 15) is 8.78 Å². The summed E-state index contributed by atoms with van der Waals surface area (Å²) in [4.78, 5) is 0. The van der Waals surface area contributed by atoms with Crippen LogP contribution in [0.3, 0.4) is 0 Å². The van der Waals surface area contributed by atoms with Gasteiger partial charge in [-0.05, 0) is 17.7 Å². The Kier molecular flexibility index (Phi) is 2.66. The lowest BCUT2D eigenvalue weighted by Crippen LogP contribution is -2.24. The lowest BCUT2D eigenvalue weighted by Gasteiger charge is -2.19. The summed E-state index contributed by atoms with van der Waals surface area (Å²) in [5, 5.41) is 9.95. The van der Waals surface area contributed by atoms with Crippen LogP contribution in [0.5, 0.6) is 0 Å². The molecule has 1 heterocycles. The predicted octanol–water partition coefficient (Wildman–Crippen LogP) is 2.74. The van der Waals surface area contributed by atoms with E-state index in [1.165, 1.54) is 12.1 Å². The van der Waals surface area contributed by atoms with Gasteiger partial charge in [0.2, 0.25) is 0 Å². The highest BCUT2D eigenvalue weighted by molar-refractivity contribution is 6.30. The Morgan fingerprint density at radius 3 is 2.73 bits per heavy atom. The van der Waals surface area contributed by atoms with Gasteiger partial charge in [-0.2, -0.15) is 5.06 Å². The van der Waals surface area contributed by atoms with Crippen LogP contribution < -0.4 is 0 Å². The molecule has 0 amide bonds. The zero-order valence-electron chi connectivity index (χ0n) is 7.88. The first-order valence-corrected chi connectivity index (χ1v) is 4.97. The number of nitrogens with zero attached hydrogens (tertiary/aromatic N) is 1. The summed E-state index contributed by atoms with van der Waals surface area (Å²) in [5.41, 5.74) is -1.32. The van der Waals surface area contributed by atoms with Gasteiger partial charge in [-0.15, -0.1) is 0 Å². The Morgan fingerprint density at radius 2 is 2.20 bits per heavy atom. The van der Waals surface area contributed by atoms with Gasteiger partial charge in [-0.25, -0.2) is 8.78 Å². The van der Waals surface area contributed by atoms with E-state index in [2.05, 4.69) is 0 Å². The maximum Gasteiger partial charge on any atom is 0.152 e. The second kappa shape index (κ2) is 3.70. The first-order chi connectivity index (χ1) is 7.01. The largest absolute Gasteiger partial charge is 0.314 e. The first kappa shape index (κ1) is 10.8. The third-order valence-electron chi connectivity index (χ3n) is 2.64. The van der Waals surface area contributed by atoms with Crippen LogP contribution in [0.4, 0.5) is 8.78 Å². The summed E-state index contributed by atoms with van der Waals surface area (Å²) in [6, 6.07) is 3.77. The molecule has 1 aromatic rings. The molecule has 0 radical (unpaired) electrons. The quantitative estimate of drug-likeness (QED) is 0.806. The third kappa shape index (κ3) is 1.97. The Morgan fingerprint density at radius 1 is 1.47 bits per heavy atom. The summed E-state index contributed by atoms with van der Waals surface area (Å²) < 4.78 is 27.1. The van der Waals surface area contributed by atoms with E-state index in [-0.39, 0.29) is 24.5 Å². The first-order valence-electron chi connectivity index (χ1n) is 4.59. The number of hydrogen-bond donors (Lipinski definition) is 1. The summed E-state index contributed by atoms with van der Waals surface area (Å²) in [7, 11) is 0.